The molecule has 1 aliphatic rings. The molecule has 1 saturated heterocycles. The van der Waals surface area contributed by atoms with Gasteiger partial charge in [0.1, 0.15) is 11.8 Å². The molecule has 2 heterocycles. The summed E-state index contributed by atoms with van der Waals surface area (Å²) in [6, 6.07) is 14.4. The largest absolute Gasteiger partial charge is 0.459 e. The summed E-state index contributed by atoms with van der Waals surface area (Å²) in [7, 11) is 1.48. The van der Waals surface area contributed by atoms with Crippen LogP contribution in [0.2, 0.25) is 0 Å². The summed E-state index contributed by atoms with van der Waals surface area (Å²) in [5.74, 6) is -1.68. The third-order valence-corrected chi connectivity index (χ3v) is 6.05. The van der Waals surface area contributed by atoms with Crippen LogP contribution in [0.1, 0.15) is 24.1 Å². The molecule has 0 bridgehead atoms. The highest BCUT2D eigenvalue weighted by atomic mass is 19.4. The first-order chi connectivity index (χ1) is 17.7. The smallest absolute Gasteiger partial charge is 0.416 e. The molecule has 4 rings (SSSR count). The van der Waals surface area contributed by atoms with Gasteiger partial charge in [0.15, 0.2) is 11.7 Å². The van der Waals surface area contributed by atoms with Gasteiger partial charge in [0.25, 0.3) is 0 Å². The number of fused-ring (bicyclic) bond motifs is 1. The number of ether oxygens (including phenoxy) is 2. The predicted molar refractivity (Wildman–Crippen MR) is 131 cm³/mol. The van der Waals surface area contributed by atoms with Gasteiger partial charge in [-0.2, -0.15) is 18.4 Å². The van der Waals surface area contributed by atoms with Gasteiger partial charge < -0.3 is 19.3 Å². The highest BCUT2D eigenvalue weighted by molar-refractivity contribution is 5.85. The summed E-state index contributed by atoms with van der Waals surface area (Å²) in [4.78, 5) is 26.0. The zero-order valence-electron chi connectivity index (χ0n) is 20.4. The van der Waals surface area contributed by atoms with E-state index in [-0.39, 0.29) is 12.3 Å². The van der Waals surface area contributed by atoms with E-state index in [1.807, 2.05) is 21.9 Å². The summed E-state index contributed by atoms with van der Waals surface area (Å²) >= 11 is 0. The fourth-order valence-corrected chi connectivity index (χ4v) is 4.25. The van der Waals surface area contributed by atoms with Gasteiger partial charge in [0.05, 0.1) is 29.3 Å². The lowest BCUT2D eigenvalue weighted by molar-refractivity contribution is -0.151. The molecule has 0 spiro atoms. The van der Waals surface area contributed by atoms with Gasteiger partial charge in [0.2, 0.25) is 0 Å². The molecule has 1 aromatic heterocycles. The number of halogens is 3. The molecule has 11 heteroatoms. The number of carbonyl (C=O) groups excluding carboxylic acids is 1. The van der Waals surface area contributed by atoms with Gasteiger partial charge >= 0.3 is 12.1 Å². The van der Waals surface area contributed by atoms with Crippen LogP contribution in [0.15, 0.2) is 48.5 Å². The molecule has 8 nitrogen and oxygen atoms in total. The van der Waals surface area contributed by atoms with Crippen molar-refractivity contribution in [3.8, 4) is 6.07 Å². The Hall–Kier alpha value is -3.91. The molecule has 0 amide bonds. The van der Waals surface area contributed by atoms with E-state index in [1.165, 1.54) is 13.2 Å². The van der Waals surface area contributed by atoms with Crippen molar-refractivity contribution < 1.29 is 27.4 Å². The van der Waals surface area contributed by atoms with Crippen molar-refractivity contribution in [1.29, 1.82) is 5.26 Å². The zero-order chi connectivity index (χ0) is 26.6. The molecule has 2 aromatic carbocycles. The van der Waals surface area contributed by atoms with Crippen LogP contribution in [-0.2, 0) is 20.4 Å². The monoisotopic (exact) mass is 513 g/mol. The standard InChI is InChI=1S/C26H26F3N5O3/c1-17(16-36-2)37-25(35)20(15-30)23-24(32-22-9-4-3-8-21(22)31-23)34-12-10-33(11-13-34)19-7-5-6-18(14-19)26(27,28)29/h3-9,14,17,20H,10-13,16H2,1-2H3/t17-,20+/m1/s1. The first-order valence-electron chi connectivity index (χ1n) is 11.7. The van der Waals surface area contributed by atoms with Gasteiger partial charge in [-0.1, -0.05) is 18.2 Å². The van der Waals surface area contributed by atoms with E-state index in [0.717, 1.165) is 12.1 Å². The number of benzene rings is 2. The number of aromatic nitrogens is 2. The molecule has 0 N–H and O–H groups in total. The van der Waals surface area contributed by atoms with Crippen LogP contribution < -0.4 is 9.80 Å². The Morgan fingerprint density at radius 1 is 1.05 bits per heavy atom. The summed E-state index contributed by atoms with van der Waals surface area (Å²) in [5, 5.41) is 9.90. The number of nitriles is 1. The minimum Gasteiger partial charge on any atom is -0.459 e. The molecule has 2 atom stereocenters. The van der Waals surface area contributed by atoms with Crippen LogP contribution in [0.5, 0.6) is 0 Å². The van der Waals surface area contributed by atoms with Crippen LogP contribution in [-0.4, -0.2) is 61.9 Å². The first-order valence-corrected chi connectivity index (χ1v) is 11.7. The topological polar surface area (TPSA) is 91.6 Å². The minimum absolute atomic E-state index is 0.178. The third-order valence-electron chi connectivity index (χ3n) is 6.05. The summed E-state index contributed by atoms with van der Waals surface area (Å²) in [6.07, 6.45) is -4.98. The van der Waals surface area contributed by atoms with Crippen molar-refractivity contribution in [3.63, 3.8) is 0 Å². The Balaban J connectivity index is 1.61. The number of hydrogen-bond acceptors (Lipinski definition) is 8. The number of hydrogen-bond donors (Lipinski definition) is 0. The third kappa shape index (κ3) is 5.91. The van der Waals surface area contributed by atoms with Gasteiger partial charge in [-0.15, -0.1) is 0 Å². The summed E-state index contributed by atoms with van der Waals surface area (Å²) in [5.41, 5.74) is 1.09. The SMILES string of the molecule is COC[C@@H](C)OC(=O)[C@@H](C#N)c1nc2ccccc2nc1N1CCN(c2cccc(C(F)(F)F)c2)CC1. The van der Waals surface area contributed by atoms with E-state index in [4.69, 9.17) is 14.5 Å². The molecular formula is C26H26F3N5O3. The molecule has 194 valence electrons. The zero-order valence-corrected chi connectivity index (χ0v) is 20.4. The lowest BCUT2D eigenvalue weighted by Gasteiger charge is -2.37. The number of carbonyl (C=O) groups is 1. The average Bonchev–Trinajstić information content (AvgIpc) is 2.88. The van der Waals surface area contributed by atoms with Gasteiger partial charge in [-0.05, 0) is 37.3 Å². The summed E-state index contributed by atoms with van der Waals surface area (Å²) in [6.45, 7) is 3.49. The number of para-hydroxylation sites is 2. The van der Waals surface area contributed by atoms with E-state index in [9.17, 15) is 23.2 Å². The number of alkyl halides is 3. The highest BCUT2D eigenvalue weighted by Crippen LogP contribution is 2.33. The number of nitrogens with zero attached hydrogens (tertiary/aromatic N) is 5. The molecule has 37 heavy (non-hydrogen) atoms. The van der Waals surface area contributed by atoms with Crippen molar-refractivity contribution in [2.75, 3.05) is 49.7 Å². The lowest BCUT2D eigenvalue weighted by atomic mass is 10.1. The van der Waals surface area contributed by atoms with Crippen LogP contribution in [0, 0.1) is 11.3 Å². The Morgan fingerprint density at radius 2 is 1.70 bits per heavy atom. The first kappa shape index (κ1) is 26.2. The van der Waals surface area contributed by atoms with E-state index < -0.39 is 29.7 Å². The van der Waals surface area contributed by atoms with Crippen molar-refractivity contribution >= 4 is 28.5 Å². The summed E-state index contributed by atoms with van der Waals surface area (Å²) < 4.78 is 49.9. The molecular weight excluding hydrogens is 487 g/mol. The van der Waals surface area contributed by atoms with E-state index in [0.29, 0.717) is 48.7 Å². The Kier molecular flexibility index (Phi) is 7.78. The molecule has 0 saturated carbocycles. The number of esters is 1. The Bertz CT molecular complexity index is 1300. The predicted octanol–water partition coefficient (Wildman–Crippen LogP) is 4.16. The second-order valence-corrected chi connectivity index (χ2v) is 8.71. The average molecular weight is 514 g/mol. The van der Waals surface area contributed by atoms with Crippen LogP contribution in [0.3, 0.4) is 0 Å². The molecule has 0 aliphatic carbocycles. The highest BCUT2D eigenvalue weighted by Gasteiger charge is 2.33. The van der Waals surface area contributed by atoms with Gasteiger partial charge in [-0.25, -0.2) is 9.97 Å². The van der Waals surface area contributed by atoms with E-state index >= 15 is 0 Å². The van der Waals surface area contributed by atoms with Crippen molar-refractivity contribution in [2.45, 2.75) is 25.1 Å². The molecule has 3 aromatic rings. The lowest BCUT2D eigenvalue weighted by Crippen LogP contribution is -2.47. The molecule has 0 radical (unpaired) electrons. The van der Waals surface area contributed by atoms with Crippen molar-refractivity contribution in [1.82, 2.24) is 9.97 Å². The van der Waals surface area contributed by atoms with Crippen LogP contribution in [0.4, 0.5) is 24.7 Å². The maximum absolute atomic E-state index is 13.2. The van der Waals surface area contributed by atoms with Gasteiger partial charge in [0, 0.05) is 39.0 Å². The van der Waals surface area contributed by atoms with Crippen molar-refractivity contribution in [2.24, 2.45) is 0 Å². The molecule has 1 aliphatic heterocycles. The molecule has 0 unspecified atom stereocenters. The normalized spacial score (nSPS) is 15.8. The van der Waals surface area contributed by atoms with E-state index in [2.05, 4.69) is 4.98 Å². The fourth-order valence-electron chi connectivity index (χ4n) is 4.25. The minimum atomic E-state index is -4.42. The van der Waals surface area contributed by atoms with Crippen LogP contribution in [0.25, 0.3) is 11.0 Å². The van der Waals surface area contributed by atoms with Crippen molar-refractivity contribution in [3.05, 3.63) is 59.8 Å². The maximum Gasteiger partial charge on any atom is 0.416 e. The fraction of sp³-hybridized carbons (Fsp3) is 0.385. The van der Waals surface area contributed by atoms with Crippen LogP contribution >= 0.6 is 0 Å². The number of anilines is 2. The number of rotatable bonds is 7. The number of piperazine rings is 1. The molecule has 1 fully saturated rings. The second kappa shape index (κ2) is 11.0. The Morgan fingerprint density at radius 3 is 2.32 bits per heavy atom. The quantitative estimate of drug-likeness (QED) is 0.435. The Labute approximate surface area is 212 Å². The van der Waals surface area contributed by atoms with E-state index in [1.54, 1.807) is 31.2 Å². The second-order valence-electron chi connectivity index (χ2n) is 8.71. The maximum atomic E-state index is 13.2. The number of methoxy groups -OCH3 is 1. The van der Waals surface area contributed by atoms with Gasteiger partial charge in [-0.3, -0.25) is 4.79 Å².